The van der Waals surface area contributed by atoms with Gasteiger partial charge in [0.05, 0.1) is 5.83 Å². The molecule has 0 saturated heterocycles. The van der Waals surface area contributed by atoms with Crippen LogP contribution in [0.4, 0.5) is 4.39 Å². The third-order valence-electron chi connectivity index (χ3n) is 0.689. The Bertz CT molecular complexity index is 54.0. The summed E-state index contributed by atoms with van der Waals surface area (Å²) in [6.07, 6.45) is 0. The van der Waals surface area contributed by atoms with Gasteiger partial charge in [-0.15, -0.1) is 0 Å². The van der Waals surface area contributed by atoms with Crippen LogP contribution in [0.1, 0.15) is 20.8 Å². The molecule has 0 aromatic heterocycles. The third kappa shape index (κ3) is 1.94. The highest BCUT2D eigenvalue weighted by Gasteiger charge is 1.80. The SMILES string of the molecule is CC(C)=C(C)[18F]. The molecule has 0 atom stereocenters. The first-order valence-electron chi connectivity index (χ1n) is 1.94. The van der Waals surface area contributed by atoms with Gasteiger partial charge in [0, 0.05) is 0 Å². The zero-order chi connectivity index (χ0) is 5.15. The van der Waals surface area contributed by atoms with Crippen LogP contribution in [0.2, 0.25) is 0 Å². The maximum atomic E-state index is 11.7. The van der Waals surface area contributed by atoms with Crippen molar-refractivity contribution in [3.8, 4) is 0 Å². The molecular formula is C5H9F. The van der Waals surface area contributed by atoms with Crippen molar-refractivity contribution in [3.63, 3.8) is 0 Å². The monoisotopic (exact) mass is 87.1 g/mol. The van der Waals surface area contributed by atoms with Crippen LogP contribution in [0, 0.1) is 0 Å². The van der Waals surface area contributed by atoms with E-state index in [1.54, 1.807) is 13.8 Å². The predicted molar refractivity (Wildman–Crippen MR) is 25.2 cm³/mol. The Kier molecular flexibility index (Phi) is 1.85. The van der Waals surface area contributed by atoms with Crippen LogP contribution in [-0.2, 0) is 0 Å². The molecule has 0 bridgehead atoms. The minimum Gasteiger partial charge on any atom is -0.212 e. The summed E-state index contributed by atoms with van der Waals surface area (Å²) in [7, 11) is 0. The second-order valence-corrected chi connectivity index (χ2v) is 1.53. The molecule has 0 aliphatic carbocycles. The van der Waals surface area contributed by atoms with Crippen molar-refractivity contribution < 1.29 is 4.39 Å². The minimum absolute atomic E-state index is 0.0741. The van der Waals surface area contributed by atoms with Gasteiger partial charge in [-0.05, 0) is 26.3 Å². The Morgan fingerprint density at radius 1 is 1.17 bits per heavy atom. The number of hydrogen-bond acceptors (Lipinski definition) is 0. The molecule has 0 spiro atoms. The van der Waals surface area contributed by atoms with Gasteiger partial charge in [-0.2, -0.15) is 0 Å². The third-order valence-corrected chi connectivity index (χ3v) is 0.689. The van der Waals surface area contributed by atoms with E-state index in [9.17, 15) is 4.39 Å². The van der Waals surface area contributed by atoms with Crippen LogP contribution >= 0.6 is 0 Å². The van der Waals surface area contributed by atoms with E-state index in [4.69, 9.17) is 0 Å². The van der Waals surface area contributed by atoms with Gasteiger partial charge in [0.1, 0.15) is 0 Å². The molecule has 0 N–H and O–H groups in total. The Labute approximate surface area is 37.7 Å². The fourth-order valence-electron chi connectivity index (χ4n) is 0. The van der Waals surface area contributed by atoms with Crippen molar-refractivity contribution in [2.75, 3.05) is 0 Å². The van der Waals surface area contributed by atoms with Crippen molar-refractivity contribution in [1.82, 2.24) is 0 Å². The summed E-state index contributed by atoms with van der Waals surface area (Å²) < 4.78 is 11.7. The molecular weight excluding hydrogens is 78.1 g/mol. The summed E-state index contributed by atoms with van der Waals surface area (Å²) in [4.78, 5) is 0. The fraction of sp³-hybridized carbons (Fsp3) is 0.600. The van der Waals surface area contributed by atoms with Gasteiger partial charge in [-0.3, -0.25) is 0 Å². The Morgan fingerprint density at radius 2 is 1.33 bits per heavy atom. The molecule has 0 aromatic carbocycles. The van der Waals surface area contributed by atoms with Crippen molar-refractivity contribution in [3.05, 3.63) is 11.4 Å². The zero-order valence-corrected chi connectivity index (χ0v) is 4.38. The lowest BCUT2D eigenvalue weighted by molar-refractivity contribution is 0.627. The zero-order valence-electron chi connectivity index (χ0n) is 4.38. The molecule has 0 nitrogen and oxygen atoms in total. The van der Waals surface area contributed by atoms with Crippen molar-refractivity contribution >= 4 is 0 Å². The van der Waals surface area contributed by atoms with Gasteiger partial charge in [-0.25, -0.2) is 4.39 Å². The molecule has 0 aliphatic rings. The molecule has 1 heteroatoms. The average molecular weight is 87.1 g/mol. The number of halogens is 1. The summed E-state index contributed by atoms with van der Waals surface area (Å²) >= 11 is 0. The van der Waals surface area contributed by atoms with Crippen molar-refractivity contribution in [2.24, 2.45) is 0 Å². The molecule has 0 fully saturated rings. The largest absolute Gasteiger partial charge is 0.212 e. The highest BCUT2D eigenvalue weighted by molar-refractivity contribution is 4.97. The normalized spacial score (nSPS) is 8.00. The predicted octanol–water partition coefficient (Wildman–Crippen LogP) is 2.27. The van der Waals surface area contributed by atoms with E-state index in [-0.39, 0.29) is 5.83 Å². The van der Waals surface area contributed by atoms with E-state index in [2.05, 4.69) is 0 Å². The lowest BCUT2D eigenvalue weighted by Gasteiger charge is -1.83. The van der Waals surface area contributed by atoms with Gasteiger partial charge < -0.3 is 0 Å². The first kappa shape index (κ1) is 5.67. The van der Waals surface area contributed by atoms with Crippen molar-refractivity contribution in [2.45, 2.75) is 20.8 Å². The van der Waals surface area contributed by atoms with Gasteiger partial charge in [0.15, 0.2) is 0 Å². The maximum Gasteiger partial charge on any atom is 0.0955 e. The molecule has 36 valence electrons. The van der Waals surface area contributed by atoms with Gasteiger partial charge in [0.2, 0.25) is 0 Å². The van der Waals surface area contributed by atoms with E-state index in [1.807, 2.05) is 0 Å². The van der Waals surface area contributed by atoms with Crippen LogP contribution in [-0.4, -0.2) is 0 Å². The smallest absolute Gasteiger partial charge is 0.0955 e. The minimum atomic E-state index is -0.0741. The summed E-state index contributed by atoms with van der Waals surface area (Å²) in [5.41, 5.74) is 0.759. The Hall–Kier alpha value is -0.330. The quantitative estimate of drug-likeness (QED) is 0.425. The summed E-state index contributed by atoms with van der Waals surface area (Å²) in [6, 6.07) is 0. The number of hydrogen-bond donors (Lipinski definition) is 0. The van der Waals surface area contributed by atoms with Gasteiger partial charge in [0.25, 0.3) is 0 Å². The molecule has 6 heavy (non-hydrogen) atoms. The topological polar surface area (TPSA) is 0 Å². The highest BCUT2D eigenvalue weighted by Crippen LogP contribution is 2.00. The lowest BCUT2D eigenvalue weighted by atomic mass is 10.3. The fourth-order valence-corrected chi connectivity index (χ4v) is 0. The average Bonchev–Trinajstić information content (AvgIpc) is 1.36. The number of rotatable bonds is 0. The Balaban J connectivity index is 3.68. The standard InChI is InChI=1S/C5H9F/c1-4(2)5(3)6/h1-3H3/i6-1. The maximum absolute atomic E-state index is 11.7. The Morgan fingerprint density at radius 3 is 1.33 bits per heavy atom. The molecule has 0 aromatic rings. The molecule has 0 aliphatic heterocycles. The molecule has 0 amide bonds. The van der Waals surface area contributed by atoms with Crippen LogP contribution in [0.3, 0.4) is 0 Å². The summed E-state index contributed by atoms with van der Waals surface area (Å²) in [5, 5.41) is 0. The highest BCUT2D eigenvalue weighted by atomic mass is 18.2. The summed E-state index contributed by atoms with van der Waals surface area (Å²) in [6.45, 7) is 4.94. The molecule has 0 unspecified atom stereocenters. The molecule has 0 rings (SSSR count). The van der Waals surface area contributed by atoms with Crippen LogP contribution in [0.15, 0.2) is 11.4 Å². The van der Waals surface area contributed by atoms with Crippen LogP contribution < -0.4 is 0 Å². The second kappa shape index (κ2) is 1.96. The van der Waals surface area contributed by atoms with E-state index >= 15 is 0 Å². The van der Waals surface area contributed by atoms with E-state index < -0.39 is 0 Å². The first-order chi connectivity index (χ1) is 2.64. The van der Waals surface area contributed by atoms with E-state index in [0.29, 0.717) is 0 Å². The van der Waals surface area contributed by atoms with Gasteiger partial charge >= 0.3 is 0 Å². The second-order valence-electron chi connectivity index (χ2n) is 1.53. The lowest BCUT2D eigenvalue weighted by Crippen LogP contribution is -1.64. The first-order valence-corrected chi connectivity index (χ1v) is 1.94. The summed E-state index contributed by atoms with van der Waals surface area (Å²) in [5.74, 6) is -0.0741. The molecule has 0 saturated carbocycles. The van der Waals surface area contributed by atoms with Crippen LogP contribution in [0.5, 0.6) is 0 Å². The molecule has 0 heterocycles. The number of allylic oxidation sites excluding steroid dienone is 2. The van der Waals surface area contributed by atoms with E-state index in [0.717, 1.165) is 5.57 Å². The van der Waals surface area contributed by atoms with Crippen LogP contribution in [0.25, 0.3) is 0 Å². The van der Waals surface area contributed by atoms with Crippen molar-refractivity contribution in [1.29, 1.82) is 0 Å². The van der Waals surface area contributed by atoms with Gasteiger partial charge in [-0.1, -0.05) is 0 Å². The molecule has 0 radical (unpaired) electrons. The van der Waals surface area contributed by atoms with E-state index in [1.165, 1.54) is 6.92 Å².